The van der Waals surface area contributed by atoms with Gasteiger partial charge in [0.1, 0.15) is 0 Å². The number of hydrogen-bond donors (Lipinski definition) is 1. The molecule has 0 atom stereocenters. The Morgan fingerprint density at radius 3 is 2.16 bits per heavy atom. The number of aromatic amines is 1. The third-order valence-electron chi connectivity index (χ3n) is 4.10. The second-order valence-corrected chi connectivity index (χ2v) is 5.74. The minimum absolute atomic E-state index is 0.0303. The van der Waals surface area contributed by atoms with Crippen LogP contribution in [0, 0.1) is 0 Å². The molecular formula is C22H16N2O. The molecule has 1 N–H and O–H groups in total. The van der Waals surface area contributed by atoms with Crippen molar-refractivity contribution < 1.29 is 4.79 Å². The van der Waals surface area contributed by atoms with Crippen LogP contribution < -0.4 is 0 Å². The van der Waals surface area contributed by atoms with Gasteiger partial charge in [0.05, 0.1) is 22.6 Å². The van der Waals surface area contributed by atoms with E-state index in [1.54, 1.807) is 0 Å². The van der Waals surface area contributed by atoms with Crippen LogP contribution in [0.25, 0.3) is 22.6 Å². The predicted molar refractivity (Wildman–Crippen MR) is 99.3 cm³/mol. The largest absolute Gasteiger partial charge is 0.360 e. The molecule has 4 rings (SSSR count). The molecule has 2 heterocycles. The molecule has 120 valence electrons. The van der Waals surface area contributed by atoms with Crippen LogP contribution in [0.1, 0.15) is 15.9 Å². The molecule has 0 unspecified atom stereocenters. The summed E-state index contributed by atoms with van der Waals surface area (Å²) < 4.78 is 0. The summed E-state index contributed by atoms with van der Waals surface area (Å²) in [7, 11) is 0. The minimum Gasteiger partial charge on any atom is -0.360 e. The van der Waals surface area contributed by atoms with Gasteiger partial charge in [0.15, 0.2) is 5.78 Å². The summed E-state index contributed by atoms with van der Waals surface area (Å²) in [6.07, 6.45) is 1.84. The number of pyridine rings is 1. The van der Waals surface area contributed by atoms with E-state index in [2.05, 4.69) is 4.98 Å². The number of benzene rings is 2. The highest BCUT2D eigenvalue weighted by Crippen LogP contribution is 2.27. The van der Waals surface area contributed by atoms with E-state index in [1.807, 2.05) is 91.1 Å². The molecule has 0 aliphatic heterocycles. The van der Waals surface area contributed by atoms with Gasteiger partial charge >= 0.3 is 0 Å². The first kappa shape index (κ1) is 15.1. The number of rotatable bonds is 4. The normalized spacial score (nSPS) is 10.6. The predicted octanol–water partition coefficient (Wildman–Crippen LogP) is 4.97. The Hall–Kier alpha value is -3.46. The van der Waals surface area contributed by atoms with Crippen LogP contribution in [-0.4, -0.2) is 15.8 Å². The van der Waals surface area contributed by atoms with Crippen LogP contribution in [-0.2, 0) is 0 Å². The van der Waals surface area contributed by atoms with Crippen LogP contribution in [0.5, 0.6) is 0 Å². The van der Waals surface area contributed by atoms with Crippen LogP contribution >= 0.6 is 0 Å². The summed E-state index contributed by atoms with van der Waals surface area (Å²) in [5.74, 6) is -0.0303. The van der Waals surface area contributed by atoms with Crippen molar-refractivity contribution in [2.24, 2.45) is 0 Å². The van der Waals surface area contributed by atoms with Gasteiger partial charge in [-0.15, -0.1) is 0 Å². The van der Waals surface area contributed by atoms with Crippen molar-refractivity contribution in [2.45, 2.75) is 0 Å². The molecule has 25 heavy (non-hydrogen) atoms. The molecule has 0 saturated carbocycles. The van der Waals surface area contributed by atoms with Crippen LogP contribution in [0.4, 0.5) is 0 Å². The summed E-state index contributed by atoms with van der Waals surface area (Å²) in [5, 5.41) is 0. The van der Waals surface area contributed by atoms with Gasteiger partial charge in [-0.1, -0.05) is 60.7 Å². The molecule has 0 amide bonds. The fourth-order valence-corrected chi connectivity index (χ4v) is 2.84. The highest BCUT2D eigenvalue weighted by atomic mass is 16.1. The Kier molecular flexibility index (Phi) is 3.97. The van der Waals surface area contributed by atoms with Crippen molar-refractivity contribution in [3.05, 3.63) is 102 Å². The second-order valence-electron chi connectivity index (χ2n) is 5.74. The first-order chi connectivity index (χ1) is 12.3. The molecule has 0 spiro atoms. The van der Waals surface area contributed by atoms with E-state index in [0.29, 0.717) is 16.8 Å². The monoisotopic (exact) mass is 324 g/mol. The van der Waals surface area contributed by atoms with Crippen molar-refractivity contribution >= 4 is 5.78 Å². The number of nitrogens with one attached hydrogen (secondary N) is 1. The maximum atomic E-state index is 13.0. The van der Waals surface area contributed by atoms with E-state index in [-0.39, 0.29) is 5.78 Å². The molecule has 0 aliphatic rings. The van der Waals surface area contributed by atoms with Crippen LogP contribution in [0.15, 0.2) is 91.1 Å². The van der Waals surface area contributed by atoms with Crippen molar-refractivity contribution in [2.75, 3.05) is 0 Å². The molecule has 4 aromatic rings. The number of carbonyl (C=O) groups is 1. The number of hydrogen-bond acceptors (Lipinski definition) is 2. The lowest BCUT2D eigenvalue weighted by molar-refractivity contribution is 0.103. The van der Waals surface area contributed by atoms with Gasteiger partial charge in [0, 0.05) is 17.3 Å². The van der Waals surface area contributed by atoms with E-state index in [9.17, 15) is 4.79 Å². The molecule has 2 aromatic heterocycles. The number of carbonyl (C=O) groups excluding carboxylic acids is 1. The topological polar surface area (TPSA) is 45.8 Å². The second kappa shape index (κ2) is 6.57. The fourth-order valence-electron chi connectivity index (χ4n) is 2.84. The molecule has 0 bridgehead atoms. The zero-order chi connectivity index (χ0) is 17.1. The number of nitrogens with zero attached hydrogens (tertiary/aromatic N) is 1. The van der Waals surface area contributed by atoms with Crippen LogP contribution in [0.3, 0.4) is 0 Å². The van der Waals surface area contributed by atoms with Crippen LogP contribution in [0.2, 0.25) is 0 Å². The lowest BCUT2D eigenvalue weighted by atomic mass is 9.99. The third-order valence-corrected chi connectivity index (χ3v) is 4.10. The molecular weight excluding hydrogens is 308 g/mol. The minimum atomic E-state index is -0.0303. The van der Waals surface area contributed by atoms with Crippen molar-refractivity contribution in [1.29, 1.82) is 0 Å². The Balaban J connectivity index is 1.86. The first-order valence-corrected chi connectivity index (χ1v) is 8.13. The standard InChI is InChI=1S/C22H16N2O/c25-22(17-10-5-2-6-11-17)18-13-14-19(16-8-3-1-4-9-16)24-21(18)20-12-7-15-23-20/h1-15,23H. The molecule has 0 fully saturated rings. The van der Waals surface area contributed by atoms with Crippen molar-refractivity contribution in [3.63, 3.8) is 0 Å². The highest BCUT2D eigenvalue weighted by molar-refractivity contribution is 6.12. The van der Waals surface area contributed by atoms with E-state index in [4.69, 9.17) is 4.98 Å². The molecule has 3 nitrogen and oxygen atoms in total. The molecule has 0 radical (unpaired) electrons. The smallest absolute Gasteiger partial charge is 0.195 e. The van der Waals surface area contributed by atoms with E-state index in [1.165, 1.54) is 0 Å². The summed E-state index contributed by atoms with van der Waals surface area (Å²) in [5.41, 5.74) is 4.61. The number of aromatic nitrogens is 2. The van der Waals surface area contributed by atoms with Gasteiger partial charge in [0.2, 0.25) is 0 Å². The lowest BCUT2D eigenvalue weighted by Crippen LogP contribution is -2.05. The Morgan fingerprint density at radius 2 is 1.48 bits per heavy atom. The third kappa shape index (κ3) is 3.00. The first-order valence-electron chi connectivity index (χ1n) is 8.13. The van der Waals surface area contributed by atoms with Gasteiger partial charge in [-0.2, -0.15) is 0 Å². The molecule has 3 heteroatoms. The molecule has 0 saturated heterocycles. The SMILES string of the molecule is O=C(c1ccccc1)c1ccc(-c2ccccc2)nc1-c1ccc[nH]1. The number of ketones is 1. The zero-order valence-corrected chi connectivity index (χ0v) is 13.5. The summed E-state index contributed by atoms with van der Waals surface area (Å²) >= 11 is 0. The average Bonchev–Trinajstić information content (AvgIpc) is 3.23. The summed E-state index contributed by atoms with van der Waals surface area (Å²) in [4.78, 5) is 20.9. The van der Waals surface area contributed by atoms with E-state index < -0.39 is 0 Å². The Bertz CT molecular complexity index is 991. The van der Waals surface area contributed by atoms with Crippen molar-refractivity contribution in [3.8, 4) is 22.6 Å². The average molecular weight is 324 g/mol. The quantitative estimate of drug-likeness (QED) is 0.538. The van der Waals surface area contributed by atoms with Gasteiger partial charge in [-0.25, -0.2) is 4.98 Å². The summed E-state index contributed by atoms with van der Waals surface area (Å²) in [6, 6.07) is 26.9. The highest BCUT2D eigenvalue weighted by Gasteiger charge is 2.17. The molecule has 0 aliphatic carbocycles. The van der Waals surface area contributed by atoms with Gasteiger partial charge < -0.3 is 4.98 Å². The van der Waals surface area contributed by atoms with Gasteiger partial charge in [0.25, 0.3) is 0 Å². The zero-order valence-electron chi connectivity index (χ0n) is 13.5. The molecule has 2 aromatic carbocycles. The van der Waals surface area contributed by atoms with Crippen molar-refractivity contribution in [1.82, 2.24) is 9.97 Å². The summed E-state index contributed by atoms with van der Waals surface area (Å²) in [6.45, 7) is 0. The number of H-pyrrole nitrogens is 1. The van der Waals surface area contributed by atoms with E-state index >= 15 is 0 Å². The Labute approximate surface area is 146 Å². The van der Waals surface area contributed by atoms with Gasteiger partial charge in [-0.3, -0.25) is 4.79 Å². The lowest BCUT2D eigenvalue weighted by Gasteiger charge is -2.10. The Morgan fingerprint density at radius 1 is 0.760 bits per heavy atom. The maximum absolute atomic E-state index is 13.0. The fraction of sp³-hybridized carbons (Fsp3) is 0. The maximum Gasteiger partial charge on any atom is 0.195 e. The van der Waals surface area contributed by atoms with Gasteiger partial charge in [-0.05, 0) is 24.3 Å². The van der Waals surface area contributed by atoms with E-state index in [0.717, 1.165) is 17.0 Å².